The van der Waals surface area contributed by atoms with Crippen LogP contribution >= 0.6 is 0 Å². The van der Waals surface area contributed by atoms with Crippen molar-refractivity contribution in [1.82, 2.24) is 10.2 Å². The summed E-state index contributed by atoms with van der Waals surface area (Å²) >= 11 is 0. The van der Waals surface area contributed by atoms with Crippen LogP contribution in [-0.2, 0) is 14.2 Å². The van der Waals surface area contributed by atoms with Crippen molar-refractivity contribution < 1.29 is 41.0 Å². The van der Waals surface area contributed by atoms with E-state index in [1.54, 1.807) is 20.8 Å². The number of alkyl carbamates (subject to hydrolysis) is 1. The lowest BCUT2D eigenvalue weighted by atomic mass is 9.95. The van der Waals surface area contributed by atoms with Gasteiger partial charge in [-0.05, 0) is 45.0 Å². The molecular formula is C21H25F5N2O4. The van der Waals surface area contributed by atoms with Crippen molar-refractivity contribution in [1.29, 1.82) is 0 Å². The second-order valence-corrected chi connectivity index (χ2v) is 8.51. The molecule has 1 amide bonds. The van der Waals surface area contributed by atoms with Crippen molar-refractivity contribution in [3.05, 3.63) is 47.2 Å². The largest absolute Gasteiger partial charge is 0.444 e. The van der Waals surface area contributed by atoms with Crippen molar-refractivity contribution in [2.75, 3.05) is 26.3 Å². The Balaban J connectivity index is 2.04. The van der Waals surface area contributed by atoms with Gasteiger partial charge in [-0.2, -0.15) is 13.2 Å². The van der Waals surface area contributed by atoms with Gasteiger partial charge in [0.15, 0.2) is 6.10 Å². The van der Waals surface area contributed by atoms with Gasteiger partial charge in [0.2, 0.25) is 0 Å². The molecule has 6 nitrogen and oxygen atoms in total. The molecule has 1 saturated heterocycles. The minimum absolute atomic E-state index is 0.180. The van der Waals surface area contributed by atoms with Gasteiger partial charge < -0.3 is 24.4 Å². The van der Waals surface area contributed by atoms with Crippen LogP contribution in [0.5, 0.6) is 0 Å². The lowest BCUT2D eigenvalue weighted by Crippen LogP contribution is -2.52. The van der Waals surface area contributed by atoms with Gasteiger partial charge in [0.05, 0.1) is 25.0 Å². The molecule has 2 aliphatic rings. The minimum atomic E-state index is -4.83. The maximum absolute atomic E-state index is 14.5. The first-order valence-corrected chi connectivity index (χ1v) is 10.1. The molecule has 178 valence electrons. The number of halogens is 5. The van der Waals surface area contributed by atoms with E-state index >= 15 is 0 Å². The topological polar surface area (TPSA) is 60.0 Å². The van der Waals surface area contributed by atoms with Crippen molar-refractivity contribution in [2.24, 2.45) is 0 Å². The van der Waals surface area contributed by atoms with Crippen LogP contribution in [0.2, 0.25) is 0 Å². The average Bonchev–Trinajstić information content (AvgIpc) is 2.68. The van der Waals surface area contributed by atoms with Crippen molar-refractivity contribution in [3.63, 3.8) is 0 Å². The Morgan fingerprint density at radius 2 is 1.81 bits per heavy atom. The Morgan fingerprint density at radius 3 is 2.41 bits per heavy atom. The number of morpholine rings is 1. The molecule has 0 unspecified atom stereocenters. The third-order valence-corrected chi connectivity index (χ3v) is 4.85. The molecule has 2 aliphatic heterocycles. The van der Waals surface area contributed by atoms with Gasteiger partial charge in [0.1, 0.15) is 23.3 Å². The third-order valence-electron chi connectivity index (χ3n) is 4.85. The number of hydrogen-bond acceptors (Lipinski definition) is 5. The SMILES string of the molecule is CC(C)(C)OC(=O)N[C@H]1C=C(N2CCOCC2)[C@H](C(F)(F)F)O[C@@H]1c1cc(F)ccc1F. The summed E-state index contributed by atoms with van der Waals surface area (Å²) < 4.78 is 85.8. The normalized spacial score (nSPS) is 24.7. The standard InChI is InChI=1S/C21H25F5N2O4/c1-20(2,3)32-19(29)27-15-11-16(28-6-8-30-9-7-28)18(21(24,25)26)31-17(15)13-10-12(22)4-5-14(13)23/h4-5,10-11,15,17-18H,6-9H2,1-3H3,(H,27,29)/t15-,17+,18+/m0/s1. The molecule has 1 aromatic carbocycles. The highest BCUT2D eigenvalue weighted by Gasteiger charge is 2.50. The van der Waals surface area contributed by atoms with Gasteiger partial charge in [0, 0.05) is 18.7 Å². The first kappa shape index (κ1) is 24.2. The lowest BCUT2D eigenvalue weighted by Gasteiger charge is -2.42. The Morgan fingerprint density at radius 1 is 1.16 bits per heavy atom. The highest BCUT2D eigenvalue weighted by Crippen LogP contribution is 2.40. The molecule has 0 radical (unpaired) electrons. The van der Waals surface area contributed by atoms with E-state index in [0.717, 1.165) is 18.2 Å². The molecular weight excluding hydrogens is 439 g/mol. The minimum Gasteiger partial charge on any atom is -0.444 e. The number of amides is 1. The van der Waals surface area contributed by atoms with Crippen LogP contribution in [0.15, 0.2) is 30.0 Å². The van der Waals surface area contributed by atoms with Gasteiger partial charge in [0.25, 0.3) is 0 Å². The number of alkyl halides is 3. The van der Waals surface area contributed by atoms with Gasteiger partial charge in [-0.1, -0.05) is 0 Å². The first-order valence-electron chi connectivity index (χ1n) is 10.1. The number of nitrogens with zero attached hydrogens (tertiary/aromatic N) is 1. The Bertz CT molecular complexity index is 863. The molecule has 2 heterocycles. The van der Waals surface area contributed by atoms with Crippen LogP contribution in [0.4, 0.5) is 26.7 Å². The number of carbonyl (C=O) groups excluding carboxylic acids is 1. The smallest absolute Gasteiger partial charge is 0.420 e. The Labute approximate surface area is 182 Å². The van der Waals surface area contributed by atoms with Crippen molar-refractivity contribution in [3.8, 4) is 0 Å². The molecule has 0 aliphatic carbocycles. The first-order chi connectivity index (χ1) is 14.8. The predicted molar refractivity (Wildman–Crippen MR) is 104 cm³/mol. The van der Waals surface area contributed by atoms with E-state index in [1.807, 2.05) is 0 Å². The van der Waals surface area contributed by atoms with E-state index in [2.05, 4.69) is 5.32 Å². The van der Waals surface area contributed by atoms with E-state index in [9.17, 15) is 26.7 Å². The third kappa shape index (κ3) is 5.89. The number of nitrogens with one attached hydrogen (secondary N) is 1. The number of carbonyl (C=O) groups is 1. The number of rotatable bonds is 3. The quantitative estimate of drug-likeness (QED) is 0.684. The molecule has 1 fully saturated rings. The zero-order valence-corrected chi connectivity index (χ0v) is 17.8. The lowest BCUT2D eigenvalue weighted by molar-refractivity contribution is -0.233. The number of hydrogen-bond donors (Lipinski definition) is 1. The molecule has 0 bridgehead atoms. The zero-order chi connectivity index (χ0) is 23.7. The number of ether oxygens (including phenoxy) is 3. The van der Waals surface area contributed by atoms with Crippen LogP contribution < -0.4 is 5.32 Å². The summed E-state index contributed by atoms with van der Waals surface area (Å²) in [6.07, 6.45) is -8.63. The van der Waals surface area contributed by atoms with E-state index < -0.39 is 53.3 Å². The van der Waals surface area contributed by atoms with Gasteiger partial charge in [-0.25, -0.2) is 13.6 Å². The summed E-state index contributed by atoms with van der Waals surface area (Å²) in [6.45, 7) is 5.63. The zero-order valence-electron chi connectivity index (χ0n) is 17.8. The molecule has 1 aromatic rings. The molecule has 0 spiro atoms. The van der Waals surface area contributed by atoms with E-state index in [0.29, 0.717) is 0 Å². The molecule has 0 saturated carbocycles. The molecule has 3 atom stereocenters. The fraction of sp³-hybridized carbons (Fsp3) is 0.571. The summed E-state index contributed by atoms with van der Waals surface area (Å²) in [4.78, 5) is 13.8. The van der Waals surface area contributed by atoms with Crippen molar-refractivity contribution in [2.45, 2.75) is 50.8 Å². The van der Waals surface area contributed by atoms with Gasteiger partial charge in [-0.15, -0.1) is 0 Å². The van der Waals surface area contributed by atoms with E-state index in [4.69, 9.17) is 14.2 Å². The summed E-state index contributed by atoms with van der Waals surface area (Å²) in [6, 6.07) is 1.14. The second kappa shape index (κ2) is 9.22. The van der Waals surface area contributed by atoms with E-state index in [-0.39, 0.29) is 32.0 Å². The molecule has 3 rings (SSSR count). The van der Waals surface area contributed by atoms with Crippen molar-refractivity contribution >= 4 is 6.09 Å². The van der Waals surface area contributed by atoms with Crippen LogP contribution in [0.25, 0.3) is 0 Å². The molecule has 11 heteroatoms. The second-order valence-electron chi connectivity index (χ2n) is 8.51. The van der Waals surface area contributed by atoms with Crippen LogP contribution in [0.1, 0.15) is 32.4 Å². The average molecular weight is 464 g/mol. The summed E-state index contributed by atoms with van der Waals surface area (Å²) in [5, 5.41) is 2.43. The van der Waals surface area contributed by atoms with Gasteiger partial charge >= 0.3 is 12.3 Å². The summed E-state index contributed by atoms with van der Waals surface area (Å²) in [5.41, 5.74) is -1.56. The molecule has 0 aromatic heterocycles. The maximum atomic E-state index is 14.5. The Kier molecular flexibility index (Phi) is 6.99. The predicted octanol–water partition coefficient (Wildman–Crippen LogP) is 4.08. The maximum Gasteiger partial charge on any atom is 0.420 e. The highest BCUT2D eigenvalue weighted by molar-refractivity contribution is 5.68. The monoisotopic (exact) mass is 464 g/mol. The van der Waals surface area contributed by atoms with E-state index in [1.165, 1.54) is 11.0 Å². The van der Waals surface area contributed by atoms with Crippen LogP contribution in [0.3, 0.4) is 0 Å². The summed E-state index contributed by atoms with van der Waals surface area (Å²) in [5.74, 6) is -1.82. The van der Waals surface area contributed by atoms with Gasteiger partial charge in [-0.3, -0.25) is 0 Å². The van der Waals surface area contributed by atoms with Crippen LogP contribution in [-0.4, -0.2) is 61.2 Å². The fourth-order valence-electron chi connectivity index (χ4n) is 3.56. The highest BCUT2D eigenvalue weighted by atomic mass is 19.4. The Hall–Kier alpha value is -2.40. The molecule has 32 heavy (non-hydrogen) atoms. The molecule has 1 N–H and O–H groups in total. The number of benzene rings is 1. The summed E-state index contributed by atoms with van der Waals surface area (Å²) in [7, 11) is 0. The fourth-order valence-corrected chi connectivity index (χ4v) is 3.56. The van der Waals surface area contributed by atoms with Crippen LogP contribution in [0, 0.1) is 11.6 Å².